The first-order valence-electron chi connectivity index (χ1n) is 9.68. The summed E-state index contributed by atoms with van der Waals surface area (Å²) in [6.07, 6.45) is 0. The van der Waals surface area contributed by atoms with Crippen LogP contribution in [0, 0.1) is 30.2 Å². The Hall–Kier alpha value is -3.07. The number of aryl methyl sites for hydroxylation is 1. The van der Waals surface area contributed by atoms with Gasteiger partial charge in [0.25, 0.3) is 0 Å². The minimum absolute atomic E-state index is 0. The molecular weight excluding hydrogens is 475 g/mol. The number of benzene rings is 4. The number of hydrogen-bond donors (Lipinski definition) is 2. The highest BCUT2D eigenvalue weighted by Crippen LogP contribution is 2.22. The van der Waals surface area contributed by atoms with E-state index in [1.807, 2.05) is 0 Å². The van der Waals surface area contributed by atoms with Crippen molar-refractivity contribution < 1.29 is 27.6 Å². The highest BCUT2D eigenvalue weighted by atomic mass is 32.1. The van der Waals surface area contributed by atoms with E-state index in [-0.39, 0.29) is 45.4 Å². The van der Waals surface area contributed by atoms with E-state index in [1.165, 1.54) is 48.5 Å². The van der Waals surface area contributed by atoms with Crippen LogP contribution in [0.15, 0.2) is 84.9 Å². The fourth-order valence-corrected chi connectivity index (χ4v) is 3.02. The smallest absolute Gasteiger partial charge is 0.491 e. The van der Waals surface area contributed by atoms with Crippen molar-refractivity contribution in [3.63, 3.8) is 0 Å². The Balaban J connectivity index is 0.000000612. The van der Waals surface area contributed by atoms with E-state index in [0.717, 1.165) is 6.07 Å². The van der Waals surface area contributed by atoms with Crippen molar-refractivity contribution in [3.05, 3.63) is 114 Å². The second-order valence-electron chi connectivity index (χ2n) is 7.09. The summed E-state index contributed by atoms with van der Waals surface area (Å²) in [5, 5.41) is 17.7. The molecule has 0 aromatic heterocycles. The predicted octanol–water partition coefficient (Wildman–Crippen LogP) is 6.52. The van der Waals surface area contributed by atoms with Crippen LogP contribution in [0.3, 0.4) is 0 Å². The number of halogens is 4. The van der Waals surface area contributed by atoms with Gasteiger partial charge in [0, 0.05) is 5.46 Å². The summed E-state index contributed by atoms with van der Waals surface area (Å²) in [4.78, 5) is 0. The Morgan fingerprint density at radius 3 is 1.40 bits per heavy atom. The Morgan fingerprint density at radius 1 is 0.571 bits per heavy atom. The molecule has 4 aromatic rings. The summed E-state index contributed by atoms with van der Waals surface area (Å²) in [5.74, 6) is -1.72. The molecule has 0 aliphatic rings. The monoisotopic (exact) mass is 502 g/mol. The summed E-state index contributed by atoms with van der Waals surface area (Å²) in [7, 11) is -1.85. The second-order valence-corrected chi connectivity index (χ2v) is 7.09. The van der Waals surface area contributed by atoms with Crippen LogP contribution in [0.25, 0.3) is 22.3 Å². The normalized spacial score (nSPS) is 9.46. The summed E-state index contributed by atoms with van der Waals surface area (Å²) in [6.45, 7) is 1.70. The van der Waals surface area contributed by atoms with Gasteiger partial charge in [-0.2, -0.15) is 0 Å². The lowest BCUT2D eigenvalue weighted by Crippen LogP contribution is -2.32. The zero-order chi connectivity index (χ0) is 23.3. The maximum absolute atomic E-state index is 13.5. The van der Waals surface area contributed by atoms with Crippen molar-refractivity contribution >= 4 is 26.1 Å². The third-order valence-electron chi connectivity index (χ3n) is 4.77. The standard InChI is InChI=1S/C13H10F2.C12H9BF2O2.2CH4.S/c1-9-5-6-11(8-13(9)15)10-3-2-4-12(14)7-10;14-10-3-1-2-8(6-10)9-4-5-11(13(16)17)12(15)7-9;;;/h2-8H,1H3;1-7,16-17H;2*1H4;/q;;;;-2. The van der Waals surface area contributed by atoms with Crippen LogP contribution in [-0.2, 0) is 13.5 Å². The molecule has 0 unspecified atom stereocenters. The molecule has 0 atom stereocenters. The molecule has 0 saturated heterocycles. The molecule has 0 heterocycles. The van der Waals surface area contributed by atoms with Gasteiger partial charge >= 0.3 is 7.12 Å². The average molecular weight is 502 g/mol. The summed E-state index contributed by atoms with van der Waals surface area (Å²) in [6, 6.07) is 20.7. The van der Waals surface area contributed by atoms with Crippen molar-refractivity contribution in [2.45, 2.75) is 21.8 Å². The Bertz CT molecular complexity index is 1240. The predicted molar refractivity (Wildman–Crippen MR) is 139 cm³/mol. The SMILES string of the molecule is C.C.Cc1ccc(-c2cccc(F)c2)cc1F.OB(O)c1ccc(-c2cccc(F)c2)cc1F.[S-2]. The quantitative estimate of drug-likeness (QED) is 0.247. The maximum atomic E-state index is 13.5. The van der Waals surface area contributed by atoms with E-state index in [1.54, 1.807) is 37.3 Å². The van der Waals surface area contributed by atoms with Gasteiger partial charge in [-0.15, -0.1) is 0 Å². The molecule has 0 fully saturated rings. The Kier molecular flexibility index (Phi) is 13.1. The molecule has 0 aliphatic heterocycles. The highest BCUT2D eigenvalue weighted by molar-refractivity contribution is 7.37. The molecule has 4 rings (SSSR count). The minimum Gasteiger partial charge on any atom is -2.00 e. The molecule has 8 heteroatoms. The fraction of sp³-hybridized carbons (Fsp3) is 0.111. The van der Waals surface area contributed by atoms with Crippen molar-refractivity contribution in [1.82, 2.24) is 0 Å². The van der Waals surface area contributed by atoms with Crippen molar-refractivity contribution in [2.75, 3.05) is 0 Å². The van der Waals surface area contributed by atoms with Crippen LogP contribution in [0.1, 0.15) is 20.4 Å². The van der Waals surface area contributed by atoms with Crippen LogP contribution in [0.2, 0.25) is 0 Å². The van der Waals surface area contributed by atoms with E-state index in [2.05, 4.69) is 0 Å². The molecule has 4 aromatic carbocycles. The van der Waals surface area contributed by atoms with E-state index < -0.39 is 18.8 Å². The molecule has 35 heavy (non-hydrogen) atoms. The van der Waals surface area contributed by atoms with E-state index in [4.69, 9.17) is 10.0 Å². The third-order valence-corrected chi connectivity index (χ3v) is 4.77. The van der Waals surface area contributed by atoms with Gasteiger partial charge in [0.15, 0.2) is 0 Å². The third kappa shape index (κ3) is 8.58. The number of hydrogen-bond acceptors (Lipinski definition) is 2. The maximum Gasteiger partial charge on any atom is 0.491 e. The minimum atomic E-state index is -1.85. The van der Waals surface area contributed by atoms with Crippen molar-refractivity contribution in [1.29, 1.82) is 0 Å². The van der Waals surface area contributed by atoms with E-state index in [0.29, 0.717) is 27.8 Å². The van der Waals surface area contributed by atoms with Gasteiger partial charge in [-0.3, -0.25) is 0 Å². The number of rotatable bonds is 3. The molecule has 0 aliphatic carbocycles. The van der Waals surface area contributed by atoms with Crippen LogP contribution in [-0.4, -0.2) is 17.2 Å². The van der Waals surface area contributed by atoms with Gasteiger partial charge in [0.2, 0.25) is 0 Å². The van der Waals surface area contributed by atoms with Crippen LogP contribution < -0.4 is 5.46 Å². The topological polar surface area (TPSA) is 40.5 Å². The average Bonchev–Trinajstić information content (AvgIpc) is 2.76. The van der Waals surface area contributed by atoms with Crippen molar-refractivity contribution in [3.8, 4) is 22.3 Å². The van der Waals surface area contributed by atoms with Crippen molar-refractivity contribution in [2.24, 2.45) is 0 Å². The first-order chi connectivity index (χ1) is 15.2. The van der Waals surface area contributed by atoms with Gasteiger partial charge in [-0.05, 0) is 71.1 Å². The molecule has 2 N–H and O–H groups in total. The van der Waals surface area contributed by atoms with Gasteiger partial charge in [-0.1, -0.05) is 63.4 Å². The fourth-order valence-electron chi connectivity index (χ4n) is 3.02. The second kappa shape index (κ2) is 14.4. The zero-order valence-corrected chi connectivity index (χ0v) is 18.3. The first kappa shape index (κ1) is 31.9. The van der Waals surface area contributed by atoms with Gasteiger partial charge in [-0.25, -0.2) is 17.6 Å². The molecule has 0 saturated carbocycles. The molecule has 0 bridgehead atoms. The van der Waals surface area contributed by atoms with Crippen LogP contribution >= 0.6 is 0 Å². The summed E-state index contributed by atoms with van der Waals surface area (Å²) < 4.78 is 52.7. The molecular formula is C27H27BF4O2S-2. The van der Waals surface area contributed by atoms with Gasteiger partial charge in [0.05, 0.1) is 0 Å². The lowest BCUT2D eigenvalue weighted by atomic mass is 9.79. The Morgan fingerprint density at radius 2 is 1.00 bits per heavy atom. The van der Waals surface area contributed by atoms with Gasteiger partial charge < -0.3 is 23.5 Å². The van der Waals surface area contributed by atoms with E-state index in [9.17, 15) is 17.6 Å². The van der Waals surface area contributed by atoms with E-state index >= 15 is 0 Å². The summed E-state index contributed by atoms with van der Waals surface area (Å²) in [5.41, 5.74) is 2.78. The van der Waals surface area contributed by atoms with Crippen LogP contribution in [0.5, 0.6) is 0 Å². The molecule has 186 valence electrons. The highest BCUT2D eigenvalue weighted by Gasteiger charge is 2.16. The lowest BCUT2D eigenvalue weighted by molar-refractivity contribution is 0.423. The summed E-state index contributed by atoms with van der Waals surface area (Å²) >= 11 is 0. The van der Waals surface area contributed by atoms with Gasteiger partial charge in [0.1, 0.15) is 23.3 Å². The lowest BCUT2D eigenvalue weighted by Gasteiger charge is -2.05. The molecule has 0 amide bonds. The zero-order valence-electron chi connectivity index (χ0n) is 17.5. The van der Waals surface area contributed by atoms with Crippen LogP contribution in [0.4, 0.5) is 17.6 Å². The Labute approximate surface area is 211 Å². The molecule has 0 radical (unpaired) electrons. The largest absolute Gasteiger partial charge is 2.00 e. The first-order valence-corrected chi connectivity index (χ1v) is 9.68. The molecule has 0 spiro atoms. The molecule has 2 nitrogen and oxygen atoms in total.